The van der Waals surface area contributed by atoms with Gasteiger partial charge in [-0.05, 0) is 57.7 Å². The van der Waals surface area contributed by atoms with E-state index < -0.39 is 0 Å². The van der Waals surface area contributed by atoms with Crippen LogP contribution in [0.4, 0.5) is 0 Å². The molecule has 3 rings (SSSR count). The molecule has 3 heteroatoms. The minimum Gasteiger partial charge on any atom is -0.381 e. The molecule has 3 nitrogen and oxygen atoms in total. The van der Waals surface area contributed by atoms with Gasteiger partial charge in [-0.3, -0.25) is 9.88 Å². The number of allylic oxidation sites excluding steroid dienone is 4. The van der Waals surface area contributed by atoms with Crippen LogP contribution in [-0.2, 0) is 11.3 Å². The highest BCUT2D eigenvalue weighted by molar-refractivity contribution is 5.31. The number of aromatic nitrogens is 1. The van der Waals surface area contributed by atoms with E-state index in [2.05, 4.69) is 41.9 Å². The summed E-state index contributed by atoms with van der Waals surface area (Å²) in [5.41, 5.74) is 4.63. The summed E-state index contributed by atoms with van der Waals surface area (Å²) in [6, 6.07) is 4.20. The first-order valence-electron chi connectivity index (χ1n) is 9.24. The average molecular weight is 326 g/mol. The lowest BCUT2D eigenvalue weighted by Crippen LogP contribution is -2.31. The van der Waals surface area contributed by atoms with Crippen LogP contribution in [-0.4, -0.2) is 36.2 Å². The van der Waals surface area contributed by atoms with Gasteiger partial charge >= 0.3 is 0 Å². The van der Waals surface area contributed by atoms with Gasteiger partial charge < -0.3 is 4.74 Å². The highest BCUT2D eigenvalue weighted by Crippen LogP contribution is 2.38. The van der Waals surface area contributed by atoms with Crippen molar-refractivity contribution in [2.75, 3.05) is 26.3 Å². The fourth-order valence-corrected chi connectivity index (χ4v) is 3.94. The predicted octanol–water partition coefficient (Wildman–Crippen LogP) is 4.37. The van der Waals surface area contributed by atoms with Gasteiger partial charge in [-0.1, -0.05) is 29.4 Å². The van der Waals surface area contributed by atoms with E-state index >= 15 is 0 Å². The Kier molecular flexibility index (Phi) is 5.85. The minimum absolute atomic E-state index is 0.309. The van der Waals surface area contributed by atoms with Crippen LogP contribution < -0.4 is 0 Å². The Morgan fingerprint density at radius 1 is 1.38 bits per heavy atom. The van der Waals surface area contributed by atoms with Crippen molar-refractivity contribution in [2.45, 2.75) is 46.1 Å². The number of ether oxygens (including phenoxy) is 1. The number of pyridine rings is 1. The first kappa shape index (κ1) is 17.4. The van der Waals surface area contributed by atoms with Crippen LogP contribution in [0.5, 0.6) is 0 Å². The summed E-state index contributed by atoms with van der Waals surface area (Å²) in [6.07, 6.45) is 13.4. The fraction of sp³-hybridized carbons (Fsp3) is 0.571. The lowest BCUT2D eigenvalue weighted by molar-refractivity contribution is 0.0490. The van der Waals surface area contributed by atoms with Crippen molar-refractivity contribution in [1.29, 1.82) is 0 Å². The molecule has 0 amide bonds. The van der Waals surface area contributed by atoms with Crippen LogP contribution in [0.25, 0.3) is 0 Å². The zero-order valence-electron chi connectivity index (χ0n) is 15.1. The summed E-state index contributed by atoms with van der Waals surface area (Å²) in [7, 11) is 0. The highest BCUT2D eigenvalue weighted by atomic mass is 16.5. The lowest BCUT2D eigenvalue weighted by atomic mass is 9.82. The SMILES string of the molecule is CCOC[C@]1(CCC2=CCC(C)=C2)CCN(Cc2cccnc2)C1. The fourth-order valence-electron chi connectivity index (χ4n) is 3.94. The van der Waals surface area contributed by atoms with Gasteiger partial charge in [0.2, 0.25) is 0 Å². The van der Waals surface area contributed by atoms with Crippen LogP contribution in [0.3, 0.4) is 0 Å². The summed E-state index contributed by atoms with van der Waals surface area (Å²) in [4.78, 5) is 6.81. The predicted molar refractivity (Wildman–Crippen MR) is 98.7 cm³/mol. The molecule has 1 aliphatic carbocycles. The standard InChI is InChI=1S/C21H30N2O/c1-3-24-17-21(9-8-19-7-6-18(2)13-19)10-12-23(16-21)15-20-5-4-11-22-14-20/h4-5,7,11,13-14H,3,6,8-10,12,15-17H2,1-2H3/t21-/m1/s1. The van der Waals surface area contributed by atoms with Crippen molar-refractivity contribution in [3.05, 3.63) is 53.4 Å². The highest BCUT2D eigenvalue weighted by Gasteiger charge is 2.38. The van der Waals surface area contributed by atoms with Crippen molar-refractivity contribution in [1.82, 2.24) is 9.88 Å². The quantitative estimate of drug-likeness (QED) is 0.709. The Labute approximate surface area is 146 Å². The molecule has 0 bridgehead atoms. The van der Waals surface area contributed by atoms with Gasteiger partial charge in [-0.25, -0.2) is 0 Å². The summed E-state index contributed by atoms with van der Waals surface area (Å²) in [5, 5.41) is 0. The van der Waals surface area contributed by atoms with Gasteiger partial charge in [-0.15, -0.1) is 0 Å². The molecule has 1 aromatic heterocycles. The number of likely N-dealkylation sites (tertiary alicyclic amines) is 1. The molecule has 0 saturated carbocycles. The molecule has 0 aromatic carbocycles. The van der Waals surface area contributed by atoms with Crippen molar-refractivity contribution < 1.29 is 4.74 Å². The van der Waals surface area contributed by atoms with Gasteiger partial charge in [0.1, 0.15) is 0 Å². The molecule has 0 N–H and O–H groups in total. The molecule has 1 saturated heterocycles. The van der Waals surface area contributed by atoms with Crippen LogP contribution >= 0.6 is 0 Å². The monoisotopic (exact) mass is 326 g/mol. The van der Waals surface area contributed by atoms with Crippen molar-refractivity contribution >= 4 is 0 Å². The summed E-state index contributed by atoms with van der Waals surface area (Å²) in [6.45, 7) is 9.33. The van der Waals surface area contributed by atoms with Crippen LogP contribution in [0.2, 0.25) is 0 Å². The summed E-state index contributed by atoms with van der Waals surface area (Å²) >= 11 is 0. The molecule has 24 heavy (non-hydrogen) atoms. The second-order valence-corrected chi connectivity index (χ2v) is 7.43. The third kappa shape index (κ3) is 4.55. The lowest BCUT2D eigenvalue weighted by Gasteiger charge is -2.29. The maximum atomic E-state index is 5.88. The van der Waals surface area contributed by atoms with Crippen molar-refractivity contribution in [2.24, 2.45) is 5.41 Å². The van der Waals surface area contributed by atoms with E-state index in [-0.39, 0.29) is 0 Å². The molecule has 0 unspecified atom stereocenters. The first-order valence-corrected chi connectivity index (χ1v) is 9.24. The summed E-state index contributed by atoms with van der Waals surface area (Å²) in [5.74, 6) is 0. The molecule has 130 valence electrons. The Morgan fingerprint density at radius 2 is 2.29 bits per heavy atom. The maximum Gasteiger partial charge on any atom is 0.0535 e. The molecule has 2 heterocycles. The van der Waals surface area contributed by atoms with Gasteiger partial charge in [-0.2, -0.15) is 0 Å². The van der Waals surface area contributed by atoms with Crippen LogP contribution in [0.1, 0.15) is 45.1 Å². The van der Waals surface area contributed by atoms with E-state index in [1.807, 2.05) is 18.5 Å². The molecule has 1 aromatic rings. The number of nitrogens with zero attached hydrogens (tertiary/aromatic N) is 2. The minimum atomic E-state index is 0.309. The topological polar surface area (TPSA) is 25.4 Å². The van der Waals surface area contributed by atoms with E-state index in [0.29, 0.717) is 5.41 Å². The van der Waals surface area contributed by atoms with Crippen LogP contribution in [0.15, 0.2) is 47.8 Å². The molecule has 0 spiro atoms. The first-order chi connectivity index (χ1) is 11.7. The smallest absolute Gasteiger partial charge is 0.0535 e. The second kappa shape index (κ2) is 8.09. The Bertz CT molecular complexity index is 593. The van der Waals surface area contributed by atoms with E-state index in [4.69, 9.17) is 4.74 Å². The van der Waals surface area contributed by atoms with Gasteiger partial charge in [0.25, 0.3) is 0 Å². The number of rotatable bonds is 8. The molecule has 1 aliphatic heterocycles. The zero-order chi connectivity index (χ0) is 16.8. The van der Waals surface area contributed by atoms with Crippen molar-refractivity contribution in [3.8, 4) is 0 Å². The third-order valence-corrected chi connectivity index (χ3v) is 5.32. The normalized spacial score (nSPS) is 24.2. The largest absolute Gasteiger partial charge is 0.381 e. The molecular formula is C21H30N2O. The molecular weight excluding hydrogens is 296 g/mol. The maximum absolute atomic E-state index is 5.88. The average Bonchev–Trinajstić information content (AvgIpc) is 3.19. The van der Waals surface area contributed by atoms with E-state index in [9.17, 15) is 0 Å². The molecule has 1 atom stereocenters. The van der Waals surface area contributed by atoms with Gasteiger partial charge in [0.05, 0.1) is 6.61 Å². The van der Waals surface area contributed by atoms with Gasteiger partial charge in [0.15, 0.2) is 0 Å². The number of hydrogen-bond donors (Lipinski definition) is 0. The Hall–Kier alpha value is -1.45. The van der Waals surface area contributed by atoms with Crippen molar-refractivity contribution in [3.63, 3.8) is 0 Å². The third-order valence-electron chi connectivity index (χ3n) is 5.32. The van der Waals surface area contributed by atoms with Crippen LogP contribution in [0, 0.1) is 5.41 Å². The number of hydrogen-bond acceptors (Lipinski definition) is 3. The van der Waals surface area contributed by atoms with E-state index in [0.717, 1.165) is 39.3 Å². The van der Waals surface area contributed by atoms with E-state index in [1.54, 1.807) is 0 Å². The zero-order valence-corrected chi connectivity index (χ0v) is 15.1. The van der Waals surface area contributed by atoms with E-state index in [1.165, 1.54) is 36.0 Å². The molecule has 0 radical (unpaired) electrons. The second-order valence-electron chi connectivity index (χ2n) is 7.43. The molecule has 2 aliphatic rings. The Balaban J connectivity index is 1.59. The van der Waals surface area contributed by atoms with Gasteiger partial charge in [0, 0.05) is 37.5 Å². The molecule has 1 fully saturated rings. The summed E-state index contributed by atoms with van der Waals surface area (Å²) < 4.78 is 5.88. The Morgan fingerprint density at radius 3 is 3.00 bits per heavy atom.